The van der Waals surface area contributed by atoms with Crippen molar-refractivity contribution in [2.45, 2.75) is 45.1 Å². The van der Waals surface area contributed by atoms with Crippen LogP contribution in [0, 0.1) is 5.82 Å². The predicted molar refractivity (Wildman–Crippen MR) is 144 cm³/mol. The van der Waals surface area contributed by atoms with E-state index in [9.17, 15) is 14.0 Å². The summed E-state index contributed by atoms with van der Waals surface area (Å²) in [6, 6.07) is 13.0. The Balaban J connectivity index is 1.57. The molecule has 0 fully saturated rings. The van der Waals surface area contributed by atoms with E-state index in [0.29, 0.717) is 23.1 Å². The highest BCUT2D eigenvalue weighted by molar-refractivity contribution is 7.10. The average Bonchev–Trinajstić information content (AvgIpc) is 3.33. The minimum atomic E-state index is -0.342. The van der Waals surface area contributed by atoms with Gasteiger partial charge in [0.15, 0.2) is 0 Å². The molecular formula is C28H29Cl2FN2O2S. The maximum absolute atomic E-state index is 13.8. The van der Waals surface area contributed by atoms with Gasteiger partial charge in [0.25, 0.3) is 0 Å². The first-order valence-electron chi connectivity index (χ1n) is 12.2. The van der Waals surface area contributed by atoms with Crippen LogP contribution in [0.5, 0.6) is 0 Å². The molecule has 0 radical (unpaired) electrons. The van der Waals surface area contributed by atoms with Gasteiger partial charge in [-0.25, -0.2) is 4.39 Å². The molecule has 2 heterocycles. The quantitative estimate of drug-likeness (QED) is 0.273. The van der Waals surface area contributed by atoms with Gasteiger partial charge in [0.05, 0.1) is 19.0 Å². The van der Waals surface area contributed by atoms with E-state index in [-0.39, 0.29) is 36.6 Å². The summed E-state index contributed by atoms with van der Waals surface area (Å²) in [6.07, 6.45) is 3.69. The van der Waals surface area contributed by atoms with Crippen molar-refractivity contribution in [2.24, 2.45) is 0 Å². The topological polar surface area (TPSA) is 40.6 Å². The van der Waals surface area contributed by atoms with Crippen molar-refractivity contribution in [3.8, 4) is 0 Å². The third-order valence-corrected chi connectivity index (χ3v) is 8.08. The molecule has 4 rings (SSSR count). The molecule has 0 aliphatic carbocycles. The van der Waals surface area contributed by atoms with Gasteiger partial charge >= 0.3 is 0 Å². The van der Waals surface area contributed by atoms with Crippen molar-refractivity contribution >= 4 is 46.4 Å². The number of benzene rings is 2. The average molecular weight is 548 g/mol. The summed E-state index contributed by atoms with van der Waals surface area (Å²) in [5.41, 5.74) is 2.61. The van der Waals surface area contributed by atoms with Crippen LogP contribution in [0.15, 0.2) is 53.9 Å². The highest BCUT2D eigenvalue weighted by Crippen LogP contribution is 2.41. The Morgan fingerprint density at radius 3 is 2.58 bits per heavy atom. The molecule has 1 aliphatic rings. The molecule has 0 N–H and O–H groups in total. The van der Waals surface area contributed by atoms with Crippen molar-refractivity contribution in [3.63, 3.8) is 0 Å². The largest absolute Gasteiger partial charge is 0.333 e. The molecule has 1 atom stereocenters. The summed E-state index contributed by atoms with van der Waals surface area (Å²) in [6.45, 7) is 3.14. The predicted octanol–water partition coefficient (Wildman–Crippen LogP) is 6.93. The van der Waals surface area contributed by atoms with Gasteiger partial charge in [-0.05, 0) is 65.2 Å². The van der Waals surface area contributed by atoms with E-state index in [2.05, 4.69) is 6.92 Å². The summed E-state index contributed by atoms with van der Waals surface area (Å²) >= 11 is 14.4. The molecule has 0 saturated heterocycles. The van der Waals surface area contributed by atoms with Crippen LogP contribution in [-0.4, -0.2) is 41.2 Å². The lowest BCUT2D eigenvalue weighted by molar-refractivity contribution is -0.141. The van der Waals surface area contributed by atoms with Gasteiger partial charge in [-0.1, -0.05) is 61.2 Å². The molecular weight excluding hydrogens is 518 g/mol. The molecule has 190 valence electrons. The van der Waals surface area contributed by atoms with Gasteiger partial charge < -0.3 is 9.80 Å². The smallest absolute Gasteiger partial charge is 0.242 e. The Morgan fingerprint density at radius 1 is 1.08 bits per heavy atom. The van der Waals surface area contributed by atoms with Crippen LogP contribution in [0.1, 0.15) is 53.8 Å². The zero-order valence-corrected chi connectivity index (χ0v) is 22.5. The van der Waals surface area contributed by atoms with E-state index in [1.54, 1.807) is 40.5 Å². The molecule has 1 aliphatic heterocycles. The number of carbonyl (C=O) groups is 2. The lowest BCUT2D eigenvalue weighted by Gasteiger charge is -2.38. The summed E-state index contributed by atoms with van der Waals surface area (Å²) in [7, 11) is 0. The third-order valence-electron chi connectivity index (χ3n) is 6.52. The lowest BCUT2D eigenvalue weighted by Crippen LogP contribution is -2.47. The zero-order valence-electron chi connectivity index (χ0n) is 20.2. The van der Waals surface area contributed by atoms with Crippen molar-refractivity contribution < 1.29 is 14.0 Å². The van der Waals surface area contributed by atoms with Crippen LogP contribution in [0.4, 0.5) is 4.39 Å². The number of halogens is 3. The molecule has 4 nitrogen and oxygen atoms in total. The minimum absolute atomic E-state index is 0.00901. The number of rotatable bonds is 9. The van der Waals surface area contributed by atoms with Crippen molar-refractivity contribution in [2.75, 3.05) is 19.6 Å². The van der Waals surface area contributed by atoms with Gasteiger partial charge in [0.1, 0.15) is 5.82 Å². The second-order valence-electron chi connectivity index (χ2n) is 9.03. The fraction of sp³-hybridized carbons (Fsp3) is 0.357. The van der Waals surface area contributed by atoms with Crippen LogP contribution >= 0.6 is 34.5 Å². The Bertz CT molecular complexity index is 1210. The first-order chi connectivity index (χ1) is 17.4. The first-order valence-corrected chi connectivity index (χ1v) is 13.8. The van der Waals surface area contributed by atoms with E-state index in [1.165, 1.54) is 17.0 Å². The fourth-order valence-corrected chi connectivity index (χ4v) is 6.05. The number of amides is 2. The van der Waals surface area contributed by atoms with E-state index >= 15 is 0 Å². The number of carbonyl (C=O) groups excluding carboxylic acids is 2. The van der Waals surface area contributed by atoms with Crippen LogP contribution in [-0.2, 0) is 22.4 Å². The maximum Gasteiger partial charge on any atom is 0.242 e. The summed E-state index contributed by atoms with van der Waals surface area (Å²) in [5.74, 6) is -0.599. The Labute approximate surface area is 225 Å². The number of nitrogens with zero attached hydrogens (tertiary/aromatic N) is 2. The normalized spacial score (nSPS) is 15.0. The monoisotopic (exact) mass is 546 g/mol. The molecule has 1 unspecified atom stereocenters. The van der Waals surface area contributed by atoms with E-state index in [4.69, 9.17) is 23.2 Å². The molecule has 2 amide bonds. The second-order valence-corrected chi connectivity index (χ2v) is 10.9. The first kappa shape index (κ1) is 26.6. The van der Waals surface area contributed by atoms with E-state index in [0.717, 1.165) is 42.4 Å². The van der Waals surface area contributed by atoms with Gasteiger partial charge in [-0.2, -0.15) is 0 Å². The van der Waals surface area contributed by atoms with Crippen molar-refractivity contribution in [3.05, 3.63) is 91.3 Å². The number of hydrogen-bond acceptors (Lipinski definition) is 3. The van der Waals surface area contributed by atoms with Crippen molar-refractivity contribution in [1.82, 2.24) is 9.80 Å². The Morgan fingerprint density at radius 2 is 1.86 bits per heavy atom. The zero-order chi connectivity index (χ0) is 25.7. The minimum Gasteiger partial charge on any atom is -0.333 e. The maximum atomic E-state index is 13.8. The number of fused-ring (bicyclic) bond motifs is 1. The summed E-state index contributed by atoms with van der Waals surface area (Å²) in [4.78, 5) is 31.7. The van der Waals surface area contributed by atoms with Crippen molar-refractivity contribution in [1.29, 1.82) is 0 Å². The molecule has 0 bridgehead atoms. The van der Waals surface area contributed by atoms with Crippen LogP contribution in [0.25, 0.3) is 0 Å². The molecule has 2 aromatic carbocycles. The lowest BCUT2D eigenvalue weighted by atomic mass is 9.93. The molecule has 3 aromatic rings. The fourth-order valence-electron chi connectivity index (χ4n) is 4.63. The van der Waals surface area contributed by atoms with Crippen LogP contribution in [0.3, 0.4) is 0 Å². The number of unbranched alkanes of at least 4 members (excludes halogenated alkanes) is 2. The molecule has 8 heteroatoms. The third kappa shape index (κ3) is 6.28. The van der Waals surface area contributed by atoms with Crippen LogP contribution < -0.4 is 0 Å². The van der Waals surface area contributed by atoms with Gasteiger partial charge in [-0.3, -0.25) is 9.59 Å². The highest BCUT2D eigenvalue weighted by Gasteiger charge is 2.35. The van der Waals surface area contributed by atoms with E-state index in [1.807, 2.05) is 22.4 Å². The van der Waals surface area contributed by atoms with Crippen LogP contribution in [0.2, 0.25) is 10.0 Å². The molecule has 1 aromatic heterocycles. The van der Waals surface area contributed by atoms with Gasteiger partial charge in [0, 0.05) is 28.0 Å². The van der Waals surface area contributed by atoms with E-state index < -0.39 is 0 Å². The second kappa shape index (κ2) is 12.2. The Kier molecular flexibility index (Phi) is 9.04. The summed E-state index contributed by atoms with van der Waals surface area (Å²) < 4.78 is 13.3. The molecule has 36 heavy (non-hydrogen) atoms. The van der Waals surface area contributed by atoms with Gasteiger partial charge in [0.2, 0.25) is 11.8 Å². The SMILES string of the molecule is CCCCCN(CC(=O)N1CCc2sccc2C1c1ccc(Cl)cc1Cl)C(=O)Cc1ccc(F)cc1. The van der Waals surface area contributed by atoms with Gasteiger partial charge in [-0.15, -0.1) is 11.3 Å². The summed E-state index contributed by atoms with van der Waals surface area (Å²) in [5, 5.41) is 3.09. The number of hydrogen-bond donors (Lipinski definition) is 0. The molecule has 0 spiro atoms. The Hall–Kier alpha value is -2.41. The molecule has 0 saturated carbocycles. The highest BCUT2D eigenvalue weighted by atomic mass is 35.5. The number of thiophene rings is 1. The standard InChI is InChI=1S/C28H29Cl2FN2O2S/c1-2-3-4-13-32(26(34)16-19-5-8-21(31)9-6-19)18-27(35)33-14-11-25-23(12-15-36-25)28(33)22-10-7-20(29)17-24(22)30/h5-10,12,15,17,28H,2-4,11,13-14,16,18H2,1H3.